The lowest BCUT2D eigenvalue weighted by Gasteiger charge is -2.27. The van der Waals surface area contributed by atoms with Gasteiger partial charge in [0.2, 0.25) is 6.10 Å². The van der Waals surface area contributed by atoms with Crippen LogP contribution < -0.4 is 9.47 Å². The highest BCUT2D eigenvalue weighted by Crippen LogP contribution is 2.42. The Bertz CT molecular complexity index is 860. The molecule has 1 N–H and O–H groups in total. The number of aliphatic carboxylic acids is 1. The van der Waals surface area contributed by atoms with Crippen LogP contribution >= 0.6 is 11.8 Å². The predicted molar refractivity (Wildman–Crippen MR) is 89.6 cm³/mol. The number of carboxylic acids is 1. The van der Waals surface area contributed by atoms with E-state index < -0.39 is 23.8 Å². The van der Waals surface area contributed by atoms with Crippen molar-refractivity contribution in [2.45, 2.75) is 22.1 Å². The Morgan fingerprint density at radius 1 is 1.19 bits per heavy atom. The molecule has 8 heteroatoms. The largest absolute Gasteiger partial charge is 0.497 e. The van der Waals surface area contributed by atoms with Crippen LogP contribution in [-0.4, -0.2) is 30.5 Å². The third-order valence-electron chi connectivity index (χ3n) is 3.68. The number of hydrogen-bond donors (Lipinski definition) is 1. The number of fused-ring (bicyclic) bond motifs is 1. The van der Waals surface area contributed by atoms with E-state index in [1.54, 1.807) is 43.5 Å². The van der Waals surface area contributed by atoms with Gasteiger partial charge >= 0.3 is 12.1 Å². The number of halogens is 3. The number of benzene rings is 2. The Morgan fingerprint density at radius 3 is 2.46 bits per heavy atom. The number of methoxy groups -OCH3 is 1. The lowest BCUT2D eigenvalue weighted by molar-refractivity contribution is -0.187. The highest BCUT2D eigenvalue weighted by molar-refractivity contribution is 7.99. The Balaban J connectivity index is 2.00. The lowest BCUT2D eigenvalue weighted by Crippen LogP contribution is -2.40. The normalized spacial score (nSPS) is 16.3. The van der Waals surface area contributed by atoms with E-state index in [0.717, 1.165) is 11.0 Å². The van der Waals surface area contributed by atoms with Gasteiger partial charge in [-0.25, -0.2) is 4.79 Å². The zero-order chi connectivity index (χ0) is 18.9. The molecule has 3 rings (SSSR count). The van der Waals surface area contributed by atoms with Gasteiger partial charge in [0.25, 0.3) is 0 Å². The van der Waals surface area contributed by atoms with Crippen LogP contribution in [0.25, 0.3) is 6.08 Å². The molecule has 0 aliphatic carbocycles. The summed E-state index contributed by atoms with van der Waals surface area (Å²) >= 11 is 1.29. The van der Waals surface area contributed by atoms with Crippen molar-refractivity contribution in [1.29, 1.82) is 0 Å². The molecule has 2 aromatic carbocycles. The molecule has 136 valence electrons. The minimum absolute atomic E-state index is 0.00385. The fourth-order valence-corrected chi connectivity index (χ4v) is 3.41. The second-order valence-electron chi connectivity index (χ2n) is 5.39. The third kappa shape index (κ3) is 3.65. The van der Waals surface area contributed by atoms with Crippen molar-refractivity contribution in [2.75, 3.05) is 7.11 Å². The van der Waals surface area contributed by atoms with Crippen molar-refractivity contribution in [3.05, 3.63) is 53.6 Å². The Morgan fingerprint density at radius 2 is 1.88 bits per heavy atom. The summed E-state index contributed by atoms with van der Waals surface area (Å²) in [5.74, 6) is -0.994. The summed E-state index contributed by atoms with van der Waals surface area (Å²) in [5, 5.41) is 9.17. The fraction of sp³-hybridized carbons (Fsp3) is 0.167. The van der Waals surface area contributed by atoms with Crippen LogP contribution in [-0.2, 0) is 4.79 Å². The maximum absolute atomic E-state index is 13.1. The van der Waals surface area contributed by atoms with E-state index in [2.05, 4.69) is 0 Å². The Hall–Kier alpha value is -2.61. The maximum atomic E-state index is 13.1. The van der Waals surface area contributed by atoms with Gasteiger partial charge in [-0.3, -0.25) is 0 Å². The highest BCUT2D eigenvalue weighted by Gasteiger charge is 2.48. The van der Waals surface area contributed by atoms with Gasteiger partial charge in [0.1, 0.15) is 11.5 Å². The maximum Gasteiger partial charge on any atom is 0.430 e. The second-order valence-corrected chi connectivity index (χ2v) is 6.51. The first-order valence-corrected chi connectivity index (χ1v) is 8.24. The predicted octanol–water partition coefficient (Wildman–Crippen LogP) is 4.64. The van der Waals surface area contributed by atoms with E-state index in [1.807, 2.05) is 0 Å². The van der Waals surface area contributed by atoms with Gasteiger partial charge < -0.3 is 14.6 Å². The van der Waals surface area contributed by atoms with Crippen LogP contribution in [0, 0.1) is 0 Å². The second kappa shape index (κ2) is 6.95. The summed E-state index contributed by atoms with van der Waals surface area (Å²) in [6.07, 6.45) is -6.28. The molecule has 26 heavy (non-hydrogen) atoms. The molecular formula is C18H13F3O4S. The van der Waals surface area contributed by atoms with Gasteiger partial charge in [0, 0.05) is 15.4 Å². The Kier molecular flexibility index (Phi) is 4.86. The number of hydrogen-bond acceptors (Lipinski definition) is 4. The molecule has 0 saturated heterocycles. The summed E-state index contributed by atoms with van der Waals surface area (Å²) in [6, 6.07) is 11.8. The average molecular weight is 382 g/mol. The molecule has 1 aliphatic rings. The van der Waals surface area contributed by atoms with Crippen molar-refractivity contribution in [3.8, 4) is 11.5 Å². The minimum atomic E-state index is -4.82. The van der Waals surface area contributed by atoms with Crippen molar-refractivity contribution in [3.63, 3.8) is 0 Å². The zero-order valence-corrected chi connectivity index (χ0v) is 14.2. The summed E-state index contributed by atoms with van der Waals surface area (Å²) in [4.78, 5) is 12.7. The molecule has 1 atom stereocenters. The van der Waals surface area contributed by atoms with Crippen molar-refractivity contribution >= 4 is 23.8 Å². The summed E-state index contributed by atoms with van der Waals surface area (Å²) in [6.45, 7) is 0. The monoisotopic (exact) mass is 382 g/mol. The fourth-order valence-electron chi connectivity index (χ4n) is 2.47. The smallest absolute Gasteiger partial charge is 0.430 e. The van der Waals surface area contributed by atoms with Gasteiger partial charge in [0.05, 0.1) is 12.7 Å². The lowest BCUT2D eigenvalue weighted by atomic mass is 10.0. The topological polar surface area (TPSA) is 55.8 Å². The van der Waals surface area contributed by atoms with Gasteiger partial charge in [-0.1, -0.05) is 17.8 Å². The average Bonchev–Trinajstić information content (AvgIpc) is 2.60. The van der Waals surface area contributed by atoms with Crippen molar-refractivity contribution in [1.82, 2.24) is 0 Å². The van der Waals surface area contributed by atoms with Gasteiger partial charge in [-0.2, -0.15) is 13.2 Å². The summed E-state index contributed by atoms with van der Waals surface area (Å²) in [7, 11) is 1.54. The molecule has 2 aromatic rings. The number of alkyl halides is 3. The molecule has 0 radical (unpaired) electrons. The number of ether oxygens (including phenoxy) is 2. The van der Waals surface area contributed by atoms with Crippen LogP contribution in [0.3, 0.4) is 0 Å². The van der Waals surface area contributed by atoms with Crippen molar-refractivity contribution < 1.29 is 32.5 Å². The first kappa shape index (κ1) is 18.2. The number of rotatable bonds is 4. The quantitative estimate of drug-likeness (QED) is 0.835. The van der Waals surface area contributed by atoms with Crippen LogP contribution in [0.1, 0.15) is 5.56 Å². The van der Waals surface area contributed by atoms with Crippen LogP contribution in [0.5, 0.6) is 11.5 Å². The van der Waals surface area contributed by atoms with E-state index in [9.17, 15) is 18.0 Å². The molecule has 1 unspecified atom stereocenters. The minimum Gasteiger partial charge on any atom is -0.497 e. The molecular weight excluding hydrogens is 369 g/mol. The molecule has 0 saturated carbocycles. The standard InChI is InChI=1S/C18H13F3O4S/c1-24-10-5-7-11(8-6-10)26-15-4-2-3-14-12(15)9-13(17(22)23)16(25-14)18(19,20)21/h2-9,16H,1H3,(H,22,23). The first-order chi connectivity index (χ1) is 12.3. The third-order valence-corrected chi connectivity index (χ3v) is 4.77. The molecule has 0 amide bonds. The van der Waals surface area contributed by atoms with Crippen molar-refractivity contribution in [2.24, 2.45) is 0 Å². The molecule has 1 aliphatic heterocycles. The van der Waals surface area contributed by atoms with Gasteiger partial charge in [0.15, 0.2) is 0 Å². The molecule has 0 aromatic heterocycles. The van der Waals surface area contributed by atoms with E-state index in [1.165, 1.54) is 17.8 Å². The summed E-state index contributed by atoms with van der Waals surface area (Å²) in [5.41, 5.74) is -0.529. The van der Waals surface area contributed by atoms with Crippen LogP contribution in [0.15, 0.2) is 57.8 Å². The highest BCUT2D eigenvalue weighted by atomic mass is 32.2. The van der Waals surface area contributed by atoms with E-state index in [0.29, 0.717) is 16.2 Å². The van der Waals surface area contributed by atoms with E-state index >= 15 is 0 Å². The first-order valence-electron chi connectivity index (χ1n) is 7.43. The SMILES string of the molecule is COc1ccc(Sc2cccc3c2C=C(C(=O)O)C(C(F)(F)F)O3)cc1. The Labute approximate surface area is 151 Å². The molecule has 0 fully saturated rings. The zero-order valence-electron chi connectivity index (χ0n) is 13.4. The molecule has 1 heterocycles. The number of carboxylic acid groups (broad SMARTS) is 1. The molecule has 4 nitrogen and oxygen atoms in total. The van der Waals surface area contributed by atoms with Crippen LogP contribution in [0.2, 0.25) is 0 Å². The van der Waals surface area contributed by atoms with Gasteiger partial charge in [-0.15, -0.1) is 0 Å². The van der Waals surface area contributed by atoms with Gasteiger partial charge in [-0.05, 0) is 42.5 Å². The summed E-state index contributed by atoms with van der Waals surface area (Å²) < 4.78 is 49.4. The molecule has 0 spiro atoms. The van der Waals surface area contributed by atoms with Crippen LogP contribution in [0.4, 0.5) is 13.2 Å². The van der Waals surface area contributed by atoms with E-state index in [-0.39, 0.29) is 5.75 Å². The van der Waals surface area contributed by atoms with E-state index in [4.69, 9.17) is 14.6 Å². The number of carbonyl (C=O) groups is 1. The molecule has 0 bridgehead atoms.